The number of halogens is 2. The van der Waals surface area contributed by atoms with Crippen molar-refractivity contribution in [3.05, 3.63) is 17.9 Å². The number of hydrogen-bond acceptors (Lipinski definition) is 9. The zero-order valence-corrected chi connectivity index (χ0v) is 23.1. The number of alkyl halides is 1. The molecule has 10 nitrogen and oxygen atoms in total. The maximum absolute atomic E-state index is 15.5. The third-order valence-electron chi connectivity index (χ3n) is 8.69. The molecule has 4 atom stereocenters. The van der Waals surface area contributed by atoms with E-state index in [1.165, 1.54) is 6.07 Å². The summed E-state index contributed by atoms with van der Waals surface area (Å²) in [6.07, 6.45) is 2.50. The summed E-state index contributed by atoms with van der Waals surface area (Å²) in [4.78, 5) is 28.0. The Hall–Kier alpha value is -2.77. The smallest absolute Gasteiger partial charge is 0.461 e. The molecule has 2 aromatic rings. The van der Waals surface area contributed by atoms with Gasteiger partial charge in [-0.15, -0.1) is 0 Å². The molecule has 0 unspecified atom stereocenters. The Morgan fingerprint density at radius 1 is 1.18 bits per heavy atom. The molecule has 2 bridgehead atoms. The average Bonchev–Trinajstić information content (AvgIpc) is 3.48. The maximum Gasteiger partial charge on any atom is 0.491 e. The van der Waals surface area contributed by atoms with Gasteiger partial charge in [-0.2, -0.15) is 9.97 Å². The fourth-order valence-corrected chi connectivity index (χ4v) is 6.98. The summed E-state index contributed by atoms with van der Waals surface area (Å²) in [7, 11) is -2.01. The molecule has 4 saturated heterocycles. The van der Waals surface area contributed by atoms with Crippen LogP contribution in [0.15, 0.2) is 12.1 Å². The third kappa shape index (κ3) is 4.85. The first kappa shape index (κ1) is 27.4. The van der Waals surface area contributed by atoms with Gasteiger partial charge in [0.15, 0.2) is 0 Å². The van der Waals surface area contributed by atoms with Crippen LogP contribution in [0.4, 0.5) is 19.4 Å². The molecule has 0 spiro atoms. The number of hydrogen-bond donors (Lipinski definition) is 2. The summed E-state index contributed by atoms with van der Waals surface area (Å²) in [6.45, 7) is 7.83. The molecule has 1 aromatic heterocycles. The molecule has 4 aliphatic rings. The number of rotatable bonds is 5. The van der Waals surface area contributed by atoms with Gasteiger partial charge < -0.3 is 24.4 Å². The van der Waals surface area contributed by atoms with Crippen LogP contribution in [0.3, 0.4) is 0 Å². The van der Waals surface area contributed by atoms with E-state index in [1.807, 2.05) is 30.6 Å². The molecule has 6 rings (SSSR count). The van der Waals surface area contributed by atoms with Crippen molar-refractivity contribution in [2.75, 3.05) is 37.7 Å². The Balaban J connectivity index is 1.32. The highest BCUT2D eigenvalue weighted by atomic mass is 19.1. The lowest BCUT2D eigenvalue weighted by molar-refractivity contribution is 0.0122. The minimum Gasteiger partial charge on any atom is -0.461 e. The molecule has 0 saturated carbocycles. The summed E-state index contributed by atoms with van der Waals surface area (Å²) < 4.78 is 41.6. The summed E-state index contributed by atoms with van der Waals surface area (Å²) in [5, 5.41) is 19.8. The minimum absolute atomic E-state index is 0.0450. The summed E-state index contributed by atoms with van der Waals surface area (Å²) in [5.41, 5.74) is -1.42. The zero-order valence-electron chi connectivity index (χ0n) is 23.1. The molecule has 0 radical (unpaired) electrons. The van der Waals surface area contributed by atoms with Gasteiger partial charge in [0.25, 0.3) is 0 Å². The molecule has 5 heterocycles. The van der Waals surface area contributed by atoms with E-state index < -0.39 is 30.2 Å². The quantitative estimate of drug-likeness (QED) is 0.532. The van der Waals surface area contributed by atoms with E-state index >= 15 is 4.39 Å². The molecule has 13 heteroatoms. The van der Waals surface area contributed by atoms with Crippen LogP contribution < -0.4 is 15.1 Å². The first-order valence-electron chi connectivity index (χ1n) is 14.1. The van der Waals surface area contributed by atoms with Gasteiger partial charge in [-0.1, -0.05) is 6.07 Å². The lowest BCUT2D eigenvalue weighted by atomic mass is 9.79. The van der Waals surface area contributed by atoms with Crippen molar-refractivity contribution in [2.24, 2.45) is 0 Å². The van der Waals surface area contributed by atoms with Crippen LogP contribution in [0.1, 0.15) is 52.9 Å². The zero-order chi connectivity index (χ0) is 28.4. The Morgan fingerprint density at radius 2 is 1.90 bits per heavy atom. The topological polar surface area (TPSA) is 111 Å². The first-order valence-corrected chi connectivity index (χ1v) is 14.1. The van der Waals surface area contributed by atoms with E-state index in [9.17, 15) is 19.2 Å². The van der Waals surface area contributed by atoms with Crippen molar-refractivity contribution >= 4 is 35.4 Å². The lowest BCUT2D eigenvalue weighted by Crippen LogP contribution is -2.57. The monoisotopic (exact) mass is 559 g/mol. The van der Waals surface area contributed by atoms with Crippen molar-refractivity contribution in [1.29, 1.82) is 0 Å². The van der Waals surface area contributed by atoms with Gasteiger partial charge in [0, 0.05) is 36.9 Å². The van der Waals surface area contributed by atoms with Gasteiger partial charge in [-0.25, -0.2) is 13.6 Å². The fourth-order valence-electron chi connectivity index (χ4n) is 6.98. The third-order valence-corrected chi connectivity index (χ3v) is 8.69. The number of benzene rings is 1. The summed E-state index contributed by atoms with van der Waals surface area (Å²) >= 11 is 0. The molecule has 1 aromatic carbocycles. The second-order valence-corrected chi connectivity index (χ2v) is 12.6. The number of fused-ring (bicyclic) bond motifs is 4. The van der Waals surface area contributed by atoms with E-state index in [1.54, 1.807) is 6.07 Å². The standard InChI is InChI=1S/C27H36BF2N5O5/c1-26(2,3)40-25(36)35-17-5-6-18(35)14-33(13-17)23-19-7-8-20(28(37)38)21(30)22(19)31-24(32-23)39-15-27-9-4-10-34(27)12-16(29)11-27/h7-8,16-18,37-38H,4-6,9-15H2,1-3H3/t16-,17-,18+,27+/m1/s1. The fraction of sp³-hybridized carbons (Fsp3) is 0.667. The average molecular weight is 559 g/mol. The molecule has 0 aliphatic carbocycles. The van der Waals surface area contributed by atoms with Crippen LogP contribution in [-0.4, -0.2) is 105 Å². The van der Waals surface area contributed by atoms with Crippen molar-refractivity contribution in [3.8, 4) is 6.01 Å². The predicted molar refractivity (Wildman–Crippen MR) is 145 cm³/mol. The van der Waals surface area contributed by atoms with E-state index in [-0.39, 0.29) is 41.8 Å². The molecule has 4 fully saturated rings. The van der Waals surface area contributed by atoms with E-state index in [0.717, 1.165) is 32.2 Å². The highest BCUT2D eigenvalue weighted by Gasteiger charge is 2.50. The number of anilines is 1. The molecule has 216 valence electrons. The number of piperazine rings is 1. The van der Waals surface area contributed by atoms with E-state index in [4.69, 9.17) is 14.5 Å². The van der Waals surface area contributed by atoms with Crippen molar-refractivity contribution in [2.45, 2.75) is 82.3 Å². The van der Waals surface area contributed by atoms with Gasteiger partial charge in [0.2, 0.25) is 0 Å². The molecule has 4 aliphatic heterocycles. The normalized spacial score (nSPS) is 28.3. The SMILES string of the molecule is CC(C)(C)OC(=O)N1[C@@H]2CC[C@H]1CN(c1nc(OC[C@@]34CCCN3C[C@H](F)C4)nc3c(F)c(B(O)O)ccc13)C2. The number of amides is 1. The number of carbonyl (C=O) groups excluding carboxylic acids is 1. The Morgan fingerprint density at radius 3 is 2.58 bits per heavy atom. The molecule has 2 N–H and O–H groups in total. The molecular formula is C27H36BF2N5O5. The van der Waals surface area contributed by atoms with Crippen LogP contribution in [-0.2, 0) is 4.74 Å². The number of carbonyl (C=O) groups is 1. The second-order valence-electron chi connectivity index (χ2n) is 12.6. The molecule has 1 amide bonds. The van der Waals surface area contributed by atoms with Gasteiger partial charge in [-0.3, -0.25) is 9.80 Å². The molecular weight excluding hydrogens is 523 g/mol. The van der Waals surface area contributed by atoms with Crippen LogP contribution in [0, 0.1) is 5.82 Å². The first-order chi connectivity index (χ1) is 18.9. The maximum atomic E-state index is 15.5. The van der Waals surface area contributed by atoms with Crippen LogP contribution in [0.25, 0.3) is 10.9 Å². The van der Waals surface area contributed by atoms with E-state index in [2.05, 4.69) is 9.88 Å². The van der Waals surface area contributed by atoms with Gasteiger partial charge >= 0.3 is 19.2 Å². The van der Waals surface area contributed by atoms with Crippen LogP contribution in [0.5, 0.6) is 6.01 Å². The number of nitrogens with zero attached hydrogens (tertiary/aromatic N) is 5. The van der Waals surface area contributed by atoms with Gasteiger partial charge in [0.05, 0.1) is 17.6 Å². The summed E-state index contributed by atoms with van der Waals surface area (Å²) in [6, 6.07) is 2.65. The van der Waals surface area contributed by atoms with Crippen LogP contribution in [0.2, 0.25) is 0 Å². The van der Waals surface area contributed by atoms with Crippen molar-refractivity contribution in [1.82, 2.24) is 19.8 Å². The number of aromatic nitrogens is 2. The van der Waals surface area contributed by atoms with Gasteiger partial charge in [0.1, 0.15) is 35.5 Å². The second kappa shape index (κ2) is 9.95. The Kier molecular flexibility index (Phi) is 6.82. The van der Waals surface area contributed by atoms with E-state index in [0.29, 0.717) is 37.3 Å². The minimum atomic E-state index is -2.01. The van der Waals surface area contributed by atoms with Crippen molar-refractivity contribution < 1.29 is 33.1 Å². The Labute approximate surface area is 232 Å². The Bertz CT molecular complexity index is 1300. The number of ether oxygens (including phenoxy) is 2. The lowest BCUT2D eigenvalue weighted by Gasteiger charge is -2.42. The highest BCUT2D eigenvalue weighted by molar-refractivity contribution is 6.59. The predicted octanol–water partition coefficient (Wildman–Crippen LogP) is 1.99. The largest absolute Gasteiger partial charge is 0.491 e. The molecule has 40 heavy (non-hydrogen) atoms. The highest BCUT2D eigenvalue weighted by Crippen LogP contribution is 2.41. The van der Waals surface area contributed by atoms with Gasteiger partial charge in [-0.05, 0) is 59.1 Å². The summed E-state index contributed by atoms with van der Waals surface area (Å²) in [5.74, 6) is -0.407. The van der Waals surface area contributed by atoms with Crippen LogP contribution >= 0.6 is 0 Å². The van der Waals surface area contributed by atoms with Crippen molar-refractivity contribution in [3.63, 3.8) is 0 Å².